The van der Waals surface area contributed by atoms with Crippen molar-refractivity contribution in [2.45, 2.75) is 13.1 Å². The van der Waals surface area contributed by atoms with Crippen molar-refractivity contribution < 1.29 is 0 Å². The molecule has 11 aromatic rings. The number of para-hydroxylation sites is 3. The number of hydrogen-bond donors (Lipinski definition) is 0. The summed E-state index contributed by atoms with van der Waals surface area (Å²) in [5.41, 5.74) is 13.4. The van der Waals surface area contributed by atoms with Gasteiger partial charge in [0.25, 0.3) is 0 Å². The summed E-state index contributed by atoms with van der Waals surface area (Å²) in [6.45, 7) is 1.25. The molecule has 0 atom stereocenters. The highest BCUT2D eigenvalue weighted by Gasteiger charge is 2.15. The second-order valence-electron chi connectivity index (χ2n) is 15.6. The first kappa shape index (κ1) is 39.7. The molecular weight excluding hydrogens is 839 g/mol. The van der Waals surface area contributed by atoms with Crippen LogP contribution in [0.15, 0.2) is 188 Å². The molecule has 0 aliphatic carbocycles. The molecule has 11 rings (SSSR count). The Kier molecular flexibility index (Phi) is 11.0. The van der Waals surface area contributed by atoms with Crippen LogP contribution in [-0.2, 0) is 13.1 Å². The van der Waals surface area contributed by atoms with Gasteiger partial charge in [-0.05, 0) is 95.1 Å². The van der Waals surface area contributed by atoms with E-state index in [0.717, 1.165) is 82.9 Å². The van der Waals surface area contributed by atoms with E-state index < -0.39 is 0 Å². The van der Waals surface area contributed by atoms with Gasteiger partial charge in [-0.25, -0.2) is 19.3 Å². The topological polar surface area (TPSA) is 90.4 Å². The van der Waals surface area contributed by atoms with Crippen LogP contribution in [0.25, 0.3) is 67.3 Å². The first-order valence-electron chi connectivity index (χ1n) is 21.2. The summed E-state index contributed by atoms with van der Waals surface area (Å²) in [7, 11) is 0. The molecule has 0 radical (unpaired) electrons. The molecule has 0 aliphatic rings. The van der Waals surface area contributed by atoms with Gasteiger partial charge in [-0.15, -0.1) is 32.9 Å². The van der Waals surface area contributed by atoms with Crippen LogP contribution in [0.5, 0.6) is 0 Å². The summed E-state index contributed by atoms with van der Waals surface area (Å²) in [5, 5.41) is 20.0. The van der Waals surface area contributed by atoms with Gasteiger partial charge in [-0.1, -0.05) is 138 Å². The Morgan fingerprint density at radius 3 is 1.28 bits per heavy atom. The number of aromatic nitrogens is 8. The largest absolute Gasteiger partial charge is 0.311 e. The highest BCUT2D eigenvalue weighted by Crippen LogP contribution is 2.36. The molecule has 11 heteroatoms. The Morgan fingerprint density at radius 2 is 0.831 bits per heavy atom. The molecule has 4 aromatic heterocycles. The second kappa shape index (κ2) is 17.9. The van der Waals surface area contributed by atoms with E-state index in [1.807, 2.05) is 64.2 Å². The summed E-state index contributed by atoms with van der Waals surface area (Å²) in [6.07, 6.45) is 12.4. The van der Waals surface area contributed by atoms with Crippen LogP contribution in [0, 0.1) is 0 Å². The van der Waals surface area contributed by atoms with Crippen molar-refractivity contribution in [1.29, 1.82) is 0 Å². The van der Waals surface area contributed by atoms with Crippen LogP contribution < -0.4 is 4.90 Å². The van der Waals surface area contributed by atoms with Crippen LogP contribution in [0.4, 0.5) is 17.1 Å². The monoisotopic (exact) mass is 877 g/mol. The number of anilines is 3. The number of thiazole rings is 2. The lowest BCUT2D eigenvalue weighted by Crippen LogP contribution is -2.09. The zero-order valence-corrected chi connectivity index (χ0v) is 36.6. The van der Waals surface area contributed by atoms with E-state index in [4.69, 9.17) is 9.97 Å². The third-order valence-electron chi connectivity index (χ3n) is 11.0. The molecule has 0 bridgehead atoms. The number of fused-ring (bicyclic) bond motifs is 2. The van der Waals surface area contributed by atoms with E-state index in [-0.39, 0.29) is 0 Å². The predicted molar refractivity (Wildman–Crippen MR) is 267 cm³/mol. The maximum Gasteiger partial charge on any atom is 0.117 e. The van der Waals surface area contributed by atoms with Crippen molar-refractivity contribution in [2.75, 3.05) is 4.90 Å². The van der Waals surface area contributed by atoms with E-state index in [0.29, 0.717) is 13.1 Å². The quantitative estimate of drug-likeness (QED) is 0.114. The minimum Gasteiger partial charge on any atom is -0.311 e. The molecule has 65 heavy (non-hydrogen) atoms. The van der Waals surface area contributed by atoms with Crippen molar-refractivity contribution >= 4 is 84.5 Å². The van der Waals surface area contributed by atoms with Crippen LogP contribution in [0.2, 0.25) is 0 Å². The molecule has 0 saturated carbocycles. The number of hydrogen-bond acceptors (Lipinski definition) is 9. The van der Waals surface area contributed by atoms with Gasteiger partial charge in [-0.2, -0.15) is 0 Å². The molecule has 4 heterocycles. The van der Waals surface area contributed by atoms with E-state index >= 15 is 0 Å². The van der Waals surface area contributed by atoms with E-state index in [1.165, 1.54) is 9.40 Å². The smallest absolute Gasteiger partial charge is 0.117 e. The van der Waals surface area contributed by atoms with Crippen LogP contribution in [0.3, 0.4) is 0 Å². The highest BCUT2D eigenvalue weighted by molar-refractivity contribution is 7.19. The van der Waals surface area contributed by atoms with Crippen molar-refractivity contribution in [2.24, 2.45) is 0 Å². The van der Waals surface area contributed by atoms with Gasteiger partial charge in [0.05, 0.1) is 45.9 Å². The predicted octanol–water partition coefficient (Wildman–Crippen LogP) is 13.3. The molecule has 9 nitrogen and oxygen atoms in total. The summed E-state index contributed by atoms with van der Waals surface area (Å²) < 4.78 is 6.16. The maximum atomic E-state index is 4.71. The summed E-state index contributed by atoms with van der Waals surface area (Å²) >= 11 is 3.40. The lowest BCUT2D eigenvalue weighted by Gasteiger charge is -2.25. The fourth-order valence-electron chi connectivity index (χ4n) is 7.70. The van der Waals surface area contributed by atoms with Gasteiger partial charge < -0.3 is 4.90 Å². The molecule has 312 valence electrons. The minimum atomic E-state index is 0.625. The fourth-order valence-corrected chi connectivity index (χ4v) is 9.44. The normalized spacial score (nSPS) is 11.7. The maximum absolute atomic E-state index is 4.71. The zero-order valence-electron chi connectivity index (χ0n) is 35.0. The van der Waals surface area contributed by atoms with Crippen molar-refractivity contribution in [1.82, 2.24) is 40.0 Å². The standard InChI is InChI=1S/C54H39N9S2/c1-2-8-44(9-3-1)63(45-28-24-42(25-29-45)49-36-61(59-57-49)34-40-18-14-38(15-19-40)22-32-53-55-47-10-4-6-12-51(47)64-53)46-30-26-43(27-31-46)50-37-62(60-58-50)35-41-20-16-39(17-21-41)23-33-54-56-48-11-5-7-13-52(48)65-54/h1-33,36-37H,34-35H2/b32-22+,33-23+. The molecule has 0 saturated heterocycles. The average molecular weight is 878 g/mol. The molecule has 7 aromatic carbocycles. The number of benzene rings is 7. The third kappa shape index (κ3) is 9.05. The van der Waals surface area contributed by atoms with Crippen molar-refractivity contribution in [3.8, 4) is 22.5 Å². The van der Waals surface area contributed by atoms with Crippen LogP contribution in [0.1, 0.15) is 32.3 Å². The molecule has 0 N–H and O–H groups in total. The number of rotatable bonds is 13. The second-order valence-corrected chi connectivity index (χ2v) is 17.7. The molecule has 0 aliphatic heterocycles. The Balaban J connectivity index is 0.736. The van der Waals surface area contributed by atoms with Crippen molar-refractivity contribution in [3.63, 3.8) is 0 Å². The van der Waals surface area contributed by atoms with E-state index in [2.05, 4.69) is 183 Å². The Hall–Kier alpha value is -8.12. The minimum absolute atomic E-state index is 0.625. The van der Waals surface area contributed by atoms with Gasteiger partial charge in [-0.3, -0.25) is 0 Å². The van der Waals surface area contributed by atoms with Gasteiger partial charge >= 0.3 is 0 Å². The average Bonchev–Trinajstić information content (AvgIpc) is 4.19. The van der Waals surface area contributed by atoms with E-state index in [1.54, 1.807) is 22.7 Å². The van der Waals surface area contributed by atoms with Crippen LogP contribution in [-0.4, -0.2) is 40.0 Å². The highest BCUT2D eigenvalue weighted by atomic mass is 32.1. The SMILES string of the molecule is C(=C\c1nc2ccccc2s1)/c1ccc(Cn2cc(-c3ccc(N(c4ccccc4)c4ccc(-c5cn(Cc6ccc(/C=C/c7nc8ccccc8s7)cc6)nn5)cc4)cc3)nn2)cc1. The fraction of sp³-hybridized carbons (Fsp3) is 0.0370. The third-order valence-corrected chi connectivity index (χ3v) is 13.0. The van der Waals surface area contributed by atoms with Gasteiger partial charge in [0.15, 0.2) is 0 Å². The first-order valence-corrected chi connectivity index (χ1v) is 22.9. The molecule has 0 spiro atoms. The van der Waals surface area contributed by atoms with Crippen molar-refractivity contribution in [3.05, 3.63) is 221 Å². The lowest BCUT2D eigenvalue weighted by molar-refractivity contribution is 0.650. The van der Waals surface area contributed by atoms with E-state index in [9.17, 15) is 0 Å². The number of nitrogens with zero attached hydrogens (tertiary/aromatic N) is 9. The van der Waals surface area contributed by atoms with Gasteiger partial charge in [0.2, 0.25) is 0 Å². The summed E-state index contributed by atoms with van der Waals surface area (Å²) in [5.74, 6) is 0. The molecule has 0 fully saturated rings. The lowest BCUT2D eigenvalue weighted by atomic mass is 10.1. The molecule has 0 amide bonds. The summed E-state index contributed by atoms with van der Waals surface area (Å²) in [4.78, 5) is 11.7. The van der Waals surface area contributed by atoms with Gasteiger partial charge in [0.1, 0.15) is 21.4 Å². The molecule has 0 unspecified atom stereocenters. The Labute approximate surface area is 383 Å². The first-order chi connectivity index (χ1) is 32.1. The Bertz CT molecular complexity index is 3140. The summed E-state index contributed by atoms with van der Waals surface area (Å²) in [6, 6.07) is 60.8. The zero-order chi connectivity index (χ0) is 43.4. The van der Waals surface area contributed by atoms with Gasteiger partial charge in [0, 0.05) is 28.2 Å². The molecular formula is C54H39N9S2. The Morgan fingerprint density at radius 1 is 0.415 bits per heavy atom. The van der Waals surface area contributed by atoms with Crippen LogP contribution >= 0.6 is 22.7 Å².